The molecule has 0 aliphatic rings. The van der Waals surface area contributed by atoms with Crippen molar-refractivity contribution in [3.63, 3.8) is 0 Å². The van der Waals surface area contributed by atoms with Crippen molar-refractivity contribution in [2.45, 2.75) is 6.54 Å². The van der Waals surface area contributed by atoms with Gasteiger partial charge in [0.15, 0.2) is 0 Å². The average Bonchev–Trinajstić information content (AvgIpc) is 3.09. The number of hydrogen-bond acceptors (Lipinski definition) is 4. The number of aromatic nitrogens is 3. The van der Waals surface area contributed by atoms with Gasteiger partial charge in [0.1, 0.15) is 0 Å². The predicted octanol–water partition coefficient (Wildman–Crippen LogP) is 2.59. The molecule has 0 fully saturated rings. The Bertz CT molecular complexity index is 765. The highest BCUT2D eigenvalue weighted by molar-refractivity contribution is 6.04. The molecular weight excluding hydrogens is 292 g/mol. The molecule has 0 aliphatic heterocycles. The molecule has 2 heterocycles. The van der Waals surface area contributed by atoms with Gasteiger partial charge in [0.25, 0.3) is 5.91 Å². The summed E-state index contributed by atoms with van der Waals surface area (Å²) in [6.07, 6.45) is 6.96. The summed E-state index contributed by atoms with van der Waals surface area (Å²) in [7, 11) is 1.55. The van der Waals surface area contributed by atoms with Gasteiger partial charge in [-0.25, -0.2) is 9.97 Å². The van der Waals surface area contributed by atoms with Crippen molar-refractivity contribution in [3.8, 4) is 5.88 Å². The quantitative estimate of drug-likeness (QED) is 0.786. The van der Waals surface area contributed by atoms with E-state index in [9.17, 15) is 4.79 Å². The van der Waals surface area contributed by atoms with Crippen molar-refractivity contribution < 1.29 is 9.53 Å². The molecule has 0 bridgehead atoms. The Kier molecular flexibility index (Phi) is 4.33. The van der Waals surface area contributed by atoms with E-state index < -0.39 is 0 Å². The molecule has 23 heavy (non-hydrogen) atoms. The molecule has 1 N–H and O–H groups in total. The van der Waals surface area contributed by atoms with Gasteiger partial charge in [-0.1, -0.05) is 12.1 Å². The summed E-state index contributed by atoms with van der Waals surface area (Å²) >= 11 is 0. The van der Waals surface area contributed by atoms with Crippen LogP contribution in [-0.4, -0.2) is 27.6 Å². The minimum Gasteiger partial charge on any atom is -0.481 e. The zero-order valence-electron chi connectivity index (χ0n) is 12.6. The minimum absolute atomic E-state index is 0.175. The van der Waals surface area contributed by atoms with Crippen LogP contribution >= 0.6 is 0 Å². The van der Waals surface area contributed by atoms with Crippen LogP contribution in [-0.2, 0) is 6.54 Å². The number of rotatable bonds is 5. The zero-order chi connectivity index (χ0) is 16.1. The molecule has 6 nitrogen and oxygen atoms in total. The van der Waals surface area contributed by atoms with Crippen LogP contribution in [0.25, 0.3) is 0 Å². The van der Waals surface area contributed by atoms with Gasteiger partial charge >= 0.3 is 0 Å². The van der Waals surface area contributed by atoms with Crippen LogP contribution < -0.4 is 10.1 Å². The predicted molar refractivity (Wildman–Crippen MR) is 86.5 cm³/mol. The van der Waals surface area contributed by atoms with Gasteiger partial charge in [-0.15, -0.1) is 0 Å². The summed E-state index contributed by atoms with van der Waals surface area (Å²) in [6, 6.07) is 10.9. The molecule has 3 aromatic rings. The molecule has 1 aromatic carbocycles. The number of nitrogens with one attached hydrogen (secondary N) is 1. The summed E-state index contributed by atoms with van der Waals surface area (Å²) in [4.78, 5) is 20.3. The van der Waals surface area contributed by atoms with Gasteiger partial charge in [-0.2, -0.15) is 0 Å². The summed E-state index contributed by atoms with van der Waals surface area (Å²) in [5.74, 6) is 0.331. The molecule has 116 valence electrons. The van der Waals surface area contributed by atoms with E-state index in [0.717, 1.165) is 12.1 Å². The van der Waals surface area contributed by atoms with Crippen LogP contribution in [0.1, 0.15) is 15.9 Å². The Labute approximate surface area is 133 Å². The average molecular weight is 308 g/mol. The molecule has 3 rings (SSSR count). The van der Waals surface area contributed by atoms with Crippen molar-refractivity contribution >= 4 is 11.6 Å². The number of amides is 1. The third-order valence-electron chi connectivity index (χ3n) is 3.34. The number of carbonyl (C=O) groups is 1. The number of anilines is 1. The SMILES string of the molecule is COc1ccc(NC(=O)c2ccc(Cn3ccnc3)cc2)cn1. The van der Waals surface area contributed by atoms with E-state index in [2.05, 4.69) is 15.3 Å². The second-order valence-corrected chi connectivity index (χ2v) is 4.98. The highest BCUT2D eigenvalue weighted by Gasteiger charge is 2.06. The van der Waals surface area contributed by atoms with Crippen molar-refractivity contribution in [2.24, 2.45) is 0 Å². The third-order valence-corrected chi connectivity index (χ3v) is 3.34. The van der Waals surface area contributed by atoms with Gasteiger partial charge in [-0.05, 0) is 23.8 Å². The van der Waals surface area contributed by atoms with E-state index in [0.29, 0.717) is 17.1 Å². The van der Waals surface area contributed by atoms with E-state index >= 15 is 0 Å². The molecule has 6 heteroatoms. The first-order chi connectivity index (χ1) is 11.2. The smallest absolute Gasteiger partial charge is 0.255 e. The number of carbonyl (C=O) groups excluding carboxylic acids is 1. The number of imidazole rings is 1. The lowest BCUT2D eigenvalue weighted by molar-refractivity contribution is 0.102. The number of benzene rings is 1. The lowest BCUT2D eigenvalue weighted by atomic mass is 10.1. The number of hydrogen-bond donors (Lipinski definition) is 1. The number of methoxy groups -OCH3 is 1. The second kappa shape index (κ2) is 6.74. The van der Waals surface area contributed by atoms with Gasteiger partial charge in [0.2, 0.25) is 5.88 Å². The van der Waals surface area contributed by atoms with Crippen LogP contribution in [0.5, 0.6) is 5.88 Å². The van der Waals surface area contributed by atoms with Gasteiger partial charge in [0, 0.05) is 30.6 Å². The molecule has 0 radical (unpaired) electrons. The maximum Gasteiger partial charge on any atom is 0.255 e. The van der Waals surface area contributed by atoms with E-state index in [1.807, 2.05) is 22.9 Å². The van der Waals surface area contributed by atoms with Crippen molar-refractivity contribution in [3.05, 3.63) is 72.4 Å². The van der Waals surface area contributed by atoms with Crippen LogP contribution in [0.2, 0.25) is 0 Å². The summed E-state index contributed by atoms with van der Waals surface area (Å²) in [5, 5.41) is 2.80. The summed E-state index contributed by atoms with van der Waals surface area (Å²) in [6.45, 7) is 0.726. The molecule has 0 aliphatic carbocycles. The van der Waals surface area contributed by atoms with Crippen LogP contribution in [0.15, 0.2) is 61.3 Å². The molecular formula is C17H16N4O2. The van der Waals surface area contributed by atoms with E-state index in [4.69, 9.17) is 4.74 Å². The van der Waals surface area contributed by atoms with Crippen molar-refractivity contribution in [1.29, 1.82) is 0 Å². The van der Waals surface area contributed by atoms with Crippen LogP contribution in [0, 0.1) is 0 Å². The van der Waals surface area contributed by atoms with Crippen molar-refractivity contribution in [2.75, 3.05) is 12.4 Å². The summed E-state index contributed by atoms with van der Waals surface area (Å²) < 4.78 is 6.96. The highest BCUT2D eigenvalue weighted by Crippen LogP contribution is 2.13. The molecule has 0 atom stereocenters. The normalized spacial score (nSPS) is 10.3. The van der Waals surface area contributed by atoms with Gasteiger partial charge < -0.3 is 14.6 Å². The summed E-state index contributed by atoms with van der Waals surface area (Å²) in [5.41, 5.74) is 2.32. The second-order valence-electron chi connectivity index (χ2n) is 4.98. The molecule has 0 saturated heterocycles. The Morgan fingerprint density at radius 1 is 1.22 bits per heavy atom. The molecule has 0 unspecified atom stereocenters. The Hall–Kier alpha value is -3.15. The Morgan fingerprint density at radius 3 is 2.65 bits per heavy atom. The molecule has 2 aromatic heterocycles. The topological polar surface area (TPSA) is 69.0 Å². The first-order valence-corrected chi connectivity index (χ1v) is 7.10. The maximum absolute atomic E-state index is 12.2. The fourth-order valence-corrected chi connectivity index (χ4v) is 2.13. The first-order valence-electron chi connectivity index (χ1n) is 7.10. The highest BCUT2D eigenvalue weighted by atomic mass is 16.5. The van der Waals surface area contributed by atoms with E-state index in [1.54, 1.807) is 50.1 Å². The van der Waals surface area contributed by atoms with Crippen LogP contribution in [0.4, 0.5) is 5.69 Å². The monoisotopic (exact) mass is 308 g/mol. The zero-order valence-corrected chi connectivity index (χ0v) is 12.6. The van der Waals surface area contributed by atoms with E-state index in [-0.39, 0.29) is 5.91 Å². The minimum atomic E-state index is -0.175. The third kappa shape index (κ3) is 3.74. The standard InChI is InChI=1S/C17H16N4O2/c1-23-16-7-6-15(10-19-16)20-17(22)14-4-2-13(3-5-14)11-21-9-8-18-12-21/h2-10,12H,11H2,1H3,(H,20,22). The Morgan fingerprint density at radius 2 is 2.04 bits per heavy atom. The fraction of sp³-hybridized carbons (Fsp3) is 0.118. The molecule has 0 saturated carbocycles. The Balaban J connectivity index is 1.64. The fourth-order valence-electron chi connectivity index (χ4n) is 2.13. The molecule has 1 amide bonds. The van der Waals surface area contributed by atoms with Crippen molar-refractivity contribution in [1.82, 2.24) is 14.5 Å². The lowest BCUT2D eigenvalue weighted by Crippen LogP contribution is -2.12. The first kappa shape index (κ1) is 14.8. The lowest BCUT2D eigenvalue weighted by Gasteiger charge is -2.07. The molecule has 0 spiro atoms. The number of nitrogens with zero attached hydrogens (tertiary/aromatic N) is 3. The number of ether oxygens (including phenoxy) is 1. The largest absolute Gasteiger partial charge is 0.481 e. The van der Waals surface area contributed by atoms with Crippen LogP contribution in [0.3, 0.4) is 0 Å². The van der Waals surface area contributed by atoms with E-state index in [1.165, 1.54) is 0 Å². The van der Waals surface area contributed by atoms with Gasteiger partial charge in [0.05, 0.1) is 25.3 Å². The van der Waals surface area contributed by atoms with Gasteiger partial charge in [-0.3, -0.25) is 4.79 Å². The number of pyridine rings is 1. The maximum atomic E-state index is 12.2.